The van der Waals surface area contributed by atoms with Crippen LogP contribution in [0.15, 0.2) is 11.6 Å². The Hall–Kier alpha value is -2.59. The van der Waals surface area contributed by atoms with E-state index in [9.17, 15) is 39.3 Å². The molecule has 4 aliphatic rings. The van der Waals surface area contributed by atoms with E-state index in [0.717, 1.165) is 18.4 Å². The van der Waals surface area contributed by atoms with E-state index in [4.69, 9.17) is 4.74 Å². The monoisotopic (exact) mass is 575 g/mol. The van der Waals surface area contributed by atoms with Crippen molar-refractivity contribution >= 4 is 29.4 Å². The van der Waals surface area contributed by atoms with Gasteiger partial charge in [0, 0.05) is 18.3 Å². The Labute approximate surface area is 241 Å². The van der Waals surface area contributed by atoms with Gasteiger partial charge in [0.1, 0.15) is 11.6 Å². The summed E-state index contributed by atoms with van der Waals surface area (Å²) in [7, 11) is 0. The first-order valence-corrected chi connectivity index (χ1v) is 15.0. The molecule has 0 aromatic carbocycles. The summed E-state index contributed by atoms with van der Waals surface area (Å²) < 4.78 is 5.16. The Balaban J connectivity index is 1.37. The van der Waals surface area contributed by atoms with Gasteiger partial charge in [-0.1, -0.05) is 39.7 Å². The van der Waals surface area contributed by atoms with Crippen LogP contribution in [0.5, 0.6) is 0 Å². The Kier molecular flexibility index (Phi) is 8.86. The van der Waals surface area contributed by atoms with Crippen LogP contribution in [0.1, 0.15) is 91.9 Å². The van der Waals surface area contributed by atoms with Crippen LogP contribution in [0, 0.1) is 34.5 Å². The van der Waals surface area contributed by atoms with Crippen molar-refractivity contribution in [3.63, 3.8) is 0 Å². The first kappa shape index (κ1) is 31.3. The van der Waals surface area contributed by atoms with Gasteiger partial charge in [-0.05, 0) is 73.7 Å². The second-order valence-electron chi connectivity index (χ2n) is 13.3. The van der Waals surface area contributed by atoms with Crippen LogP contribution in [0.4, 0.5) is 0 Å². The highest BCUT2D eigenvalue weighted by Crippen LogP contribution is 2.67. The molecule has 10 nitrogen and oxygen atoms in total. The summed E-state index contributed by atoms with van der Waals surface area (Å²) in [4.78, 5) is 61.5. The lowest BCUT2D eigenvalue weighted by molar-refractivity contribution is -0.184. The van der Waals surface area contributed by atoms with Crippen LogP contribution in [-0.2, 0) is 28.7 Å². The molecule has 0 unspecified atom stereocenters. The van der Waals surface area contributed by atoms with Crippen molar-refractivity contribution in [1.29, 1.82) is 0 Å². The van der Waals surface area contributed by atoms with Crippen molar-refractivity contribution in [2.45, 2.75) is 110 Å². The van der Waals surface area contributed by atoms with Crippen LogP contribution < -0.4 is 5.32 Å². The maximum absolute atomic E-state index is 13.4. The Bertz CT molecular complexity index is 1130. The van der Waals surface area contributed by atoms with Gasteiger partial charge in [0.2, 0.25) is 11.7 Å². The highest BCUT2D eigenvalue weighted by atomic mass is 16.5. The lowest BCUT2D eigenvalue weighted by Crippen LogP contribution is -2.62. The number of ether oxygens (including phenoxy) is 1. The van der Waals surface area contributed by atoms with E-state index in [-0.39, 0.29) is 60.6 Å². The van der Waals surface area contributed by atoms with Gasteiger partial charge >= 0.3 is 11.9 Å². The highest BCUT2D eigenvalue weighted by Gasteiger charge is 2.68. The number of aliphatic hydroxyl groups is 2. The summed E-state index contributed by atoms with van der Waals surface area (Å²) in [6, 6.07) is -1.06. The van der Waals surface area contributed by atoms with E-state index in [1.54, 1.807) is 13.0 Å². The zero-order valence-electron chi connectivity index (χ0n) is 24.6. The molecule has 3 saturated carbocycles. The minimum absolute atomic E-state index is 0.00736. The summed E-state index contributed by atoms with van der Waals surface area (Å²) >= 11 is 0. The van der Waals surface area contributed by atoms with Gasteiger partial charge in [-0.25, -0.2) is 4.79 Å². The number of aliphatic carboxylic acids is 1. The maximum atomic E-state index is 13.4. The molecular formula is C31H45NO9. The molecule has 4 N–H and O–H groups in total. The first-order valence-electron chi connectivity index (χ1n) is 15.0. The van der Waals surface area contributed by atoms with E-state index < -0.39 is 53.4 Å². The van der Waals surface area contributed by atoms with Crippen LogP contribution in [0.2, 0.25) is 0 Å². The van der Waals surface area contributed by atoms with E-state index in [0.29, 0.717) is 25.7 Å². The van der Waals surface area contributed by atoms with Crippen LogP contribution in [-0.4, -0.2) is 69.1 Å². The summed E-state index contributed by atoms with van der Waals surface area (Å²) in [6.45, 7) is 6.90. The number of esters is 1. The Morgan fingerprint density at radius 2 is 1.83 bits per heavy atom. The lowest BCUT2D eigenvalue weighted by atomic mass is 9.45. The molecule has 228 valence electrons. The summed E-state index contributed by atoms with van der Waals surface area (Å²) in [5.41, 5.74) is -1.81. The second-order valence-corrected chi connectivity index (χ2v) is 13.3. The molecular weight excluding hydrogens is 530 g/mol. The number of hydrogen-bond donors (Lipinski definition) is 4. The number of ketones is 2. The molecule has 0 aromatic heterocycles. The molecule has 0 aromatic rings. The van der Waals surface area contributed by atoms with Gasteiger partial charge < -0.3 is 25.4 Å². The molecule has 0 bridgehead atoms. The van der Waals surface area contributed by atoms with Gasteiger partial charge in [-0.2, -0.15) is 0 Å². The van der Waals surface area contributed by atoms with E-state index in [1.807, 2.05) is 13.8 Å². The molecule has 0 spiro atoms. The fourth-order valence-electron chi connectivity index (χ4n) is 8.63. The van der Waals surface area contributed by atoms with Crippen LogP contribution >= 0.6 is 0 Å². The average Bonchev–Trinajstić information content (AvgIpc) is 3.19. The number of aliphatic hydroxyl groups excluding tert-OH is 1. The lowest BCUT2D eigenvalue weighted by Gasteiger charge is -2.60. The molecule has 0 heterocycles. The Morgan fingerprint density at radius 1 is 1.12 bits per heavy atom. The van der Waals surface area contributed by atoms with E-state index in [1.165, 1.54) is 0 Å². The summed E-state index contributed by atoms with van der Waals surface area (Å²) in [5.74, 6) is -3.23. The smallest absolute Gasteiger partial charge is 0.326 e. The second kappa shape index (κ2) is 11.6. The average molecular weight is 576 g/mol. The third-order valence-electron chi connectivity index (χ3n) is 11.2. The zero-order chi connectivity index (χ0) is 30.3. The van der Waals surface area contributed by atoms with E-state index in [2.05, 4.69) is 12.2 Å². The van der Waals surface area contributed by atoms with Gasteiger partial charge in [-0.3, -0.25) is 19.2 Å². The predicted octanol–water partition coefficient (Wildman–Crippen LogP) is 2.73. The molecule has 0 radical (unpaired) electrons. The molecule has 41 heavy (non-hydrogen) atoms. The quantitative estimate of drug-likeness (QED) is 0.286. The summed E-state index contributed by atoms with van der Waals surface area (Å²) in [5, 5.41) is 35.0. The van der Waals surface area contributed by atoms with Gasteiger partial charge in [0.15, 0.2) is 12.4 Å². The standard InChI is InChI=1S/C31H45NO9/c1-5-17(2)27(28(38)39)32-24(36)8-9-25(37)41-16-23(35)31(40)13-11-21-20-7-6-18-14-19(33)10-12-29(18,3)26(20)22(34)15-30(21,31)4/h14,17,20-22,26-27,34,40H,5-13,15-16H2,1-4H3,(H,32,36)(H,38,39)/t17-,20-,21+,22-,26-,27-,29-,30-,31-/m0/s1. The van der Waals surface area contributed by atoms with Crippen molar-refractivity contribution in [3.05, 3.63) is 11.6 Å². The van der Waals surface area contributed by atoms with Crippen LogP contribution in [0.3, 0.4) is 0 Å². The summed E-state index contributed by atoms with van der Waals surface area (Å²) in [6.07, 6.45) is 4.77. The number of carboxylic acids is 1. The van der Waals surface area contributed by atoms with Crippen molar-refractivity contribution < 1.29 is 44.0 Å². The third-order valence-corrected chi connectivity index (χ3v) is 11.2. The largest absolute Gasteiger partial charge is 0.480 e. The topological polar surface area (TPSA) is 167 Å². The van der Waals surface area contributed by atoms with Crippen molar-refractivity contribution in [1.82, 2.24) is 5.32 Å². The van der Waals surface area contributed by atoms with Gasteiger partial charge in [-0.15, -0.1) is 0 Å². The first-order chi connectivity index (χ1) is 19.2. The fourth-order valence-corrected chi connectivity index (χ4v) is 8.63. The zero-order valence-corrected chi connectivity index (χ0v) is 24.6. The maximum Gasteiger partial charge on any atom is 0.326 e. The van der Waals surface area contributed by atoms with Crippen molar-refractivity contribution in [2.75, 3.05) is 6.61 Å². The molecule has 4 rings (SSSR count). The highest BCUT2D eigenvalue weighted by molar-refractivity contribution is 5.92. The number of amides is 1. The SMILES string of the molecule is CC[C@H](C)[C@H](NC(=O)CCC(=O)OCC(=O)[C@@]1(O)CC[C@@H]2[C@@H]3CCC4=CC(=O)CC[C@]4(C)[C@@H]3[C@@H](O)C[C@@]21C)C(=O)O. The predicted molar refractivity (Wildman–Crippen MR) is 147 cm³/mol. The molecule has 0 aliphatic heterocycles. The fraction of sp³-hybridized carbons (Fsp3) is 0.774. The number of Topliss-reactive ketones (excluding diaryl/α,β-unsaturated/α-hetero) is 1. The molecule has 4 aliphatic carbocycles. The molecule has 0 saturated heterocycles. The number of carbonyl (C=O) groups excluding carboxylic acids is 4. The Morgan fingerprint density at radius 3 is 2.49 bits per heavy atom. The molecule has 9 atom stereocenters. The molecule has 10 heteroatoms. The molecule has 1 amide bonds. The van der Waals surface area contributed by atoms with Crippen molar-refractivity contribution in [3.8, 4) is 0 Å². The minimum Gasteiger partial charge on any atom is -0.480 e. The normalized spacial score (nSPS) is 37.5. The van der Waals surface area contributed by atoms with Gasteiger partial charge in [0.05, 0.1) is 12.5 Å². The number of nitrogens with one attached hydrogen (secondary N) is 1. The number of hydrogen-bond acceptors (Lipinski definition) is 8. The minimum atomic E-state index is -1.76. The number of allylic oxidation sites excluding steroid dienone is 1. The number of carbonyl (C=O) groups is 5. The van der Waals surface area contributed by atoms with E-state index >= 15 is 0 Å². The molecule has 3 fully saturated rings. The van der Waals surface area contributed by atoms with Crippen molar-refractivity contribution in [2.24, 2.45) is 34.5 Å². The number of rotatable bonds is 10. The number of fused-ring (bicyclic) bond motifs is 5. The van der Waals surface area contributed by atoms with Gasteiger partial charge in [0.25, 0.3) is 0 Å². The third kappa shape index (κ3) is 5.49. The van der Waals surface area contributed by atoms with Crippen LogP contribution in [0.25, 0.3) is 0 Å². The number of carboxylic acid groups (broad SMARTS) is 1.